The van der Waals surface area contributed by atoms with Crippen LogP contribution in [-0.2, 0) is 16.1 Å². The normalized spacial score (nSPS) is 12.2. The van der Waals surface area contributed by atoms with Gasteiger partial charge in [-0.2, -0.15) is 0 Å². The number of amides is 2. The van der Waals surface area contributed by atoms with E-state index in [2.05, 4.69) is 15.6 Å². The zero-order valence-electron chi connectivity index (χ0n) is 15.0. The fourth-order valence-corrected chi connectivity index (χ4v) is 2.72. The first-order valence-electron chi connectivity index (χ1n) is 8.29. The van der Waals surface area contributed by atoms with Crippen molar-refractivity contribution in [2.24, 2.45) is 5.92 Å². The number of benzene rings is 1. The molecule has 2 amide bonds. The number of carbonyl (C=O) groups excluding carboxylic acids is 2. The lowest BCUT2D eigenvalue weighted by Gasteiger charge is -2.19. The van der Waals surface area contributed by atoms with Gasteiger partial charge in [0.15, 0.2) is 0 Å². The van der Waals surface area contributed by atoms with Gasteiger partial charge in [0.25, 0.3) is 5.56 Å². The average molecular weight is 344 g/mol. The highest BCUT2D eigenvalue weighted by molar-refractivity contribution is 5.87. The molecule has 25 heavy (non-hydrogen) atoms. The molecule has 0 radical (unpaired) electrons. The number of rotatable bonds is 6. The number of carbonyl (C=O) groups is 2. The smallest absolute Gasteiger partial charge is 0.261 e. The lowest BCUT2D eigenvalue weighted by molar-refractivity contribution is -0.129. The Labute approximate surface area is 146 Å². The summed E-state index contributed by atoms with van der Waals surface area (Å²) in [6.07, 6.45) is 1.89. The topological polar surface area (TPSA) is 93.1 Å². The molecular formula is C18H24N4O3. The number of fused-ring (bicyclic) bond motifs is 1. The van der Waals surface area contributed by atoms with Crippen molar-refractivity contribution in [3.05, 3.63) is 40.4 Å². The van der Waals surface area contributed by atoms with E-state index < -0.39 is 11.9 Å². The quantitative estimate of drug-likeness (QED) is 0.817. The van der Waals surface area contributed by atoms with Crippen molar-refractivity contribution < 1.29 is 9.59 Å². The summed E-state index contributed by atoms with van der Waals surface area (Å²) in [5.41, 5.74) is 1.26. The lowest BCUT2D eigenvalue weighted by atomic mass is 10.0. The molecule has 134 valence electrons. The minimum absolute atomic E-state index is 0.179. The van der Waals surface area contributed by atoms with Crippen LogP contribution in [-0.4, -0.2) is 34.5 Å². The molecule has 0 fully saturated rings. The van der Waals surface area contributed by atoms with Crippen molar-refractivity contribution >= 4 is 22.7 Å². The van der Waals surface area contributed by atoms with Crippen LogP contribution in [0.3, 0.4) is 0 Å². The Bertz CT molecular complexity index is 842. The standard InChI is InChI=1S/C18H24N4O3/c1-11(2)8-14(17(24)19-4)21-15(23)9-22-10-20-16-12(3)6-5-7-13(16)18(22)25/h5-7,10-11,14H,8-9H2,1-4H3,(H,19,24)(H,21,23)/t14-/m0/s1. The minimum atomic E-state index is -0.621. The van der Waals surface area contributed by atoms with Gasteiger partial charge in [0.1, 0.15) is 12.6 Å². The van der Waals surface area contributed by atoms with E-state index >= 15 is 0 Å². The Morgan fingerprint density at radius 3 is 2.64 bits per heavy atom. The van der Waals surface area contributed by atoms with Gasteiger partial charge >= 0.3 is 0 Å². The number of aryl methyl sites for hydroxylation is 1. The number of nitrogens with zero attached hydrogens (tertiary/aromatic N) is 2. The molecule has 0 saturated carbocycles. The predicted molar refractivity (Wildman–Crippen MR) is 96.2 cm³/mol. The number of para-hydroxylation sites is 1. The van der Waals surface area contributed by atoms with Crippen molar-refractivity contribution in [2.75, 3.05) is 7.05 Å². The van der Waals surface area contributed by atoms with Gasteiger partial charge in [-0.3, -0.25) is 19.0 Å². The third kappa shape index (κ3) is 4.43. The highest BCUT2D eigenvalue weighted by Gasteiger charge is 2.21. The van der Waals surface area contributed by atoms with Crippen LogP contribution in [0, 0.1) is 12.8 Å². The zero-order chi connectivity index (χ0) is 18.6. The van der Waals surface area contributed by atoms with Crippen LogP contribution < -0.4 is 16.2 Å². The summed E-state index contributed by atoms with van der Waals surface area (Å²) >= 11 is 0. The lowest BCUT2D eigenvalue weighted by Crippen LogP contribution is -2.47. The molecular weight excluding hydrogens is 320 g/mol. The Morgan fingerprint density at radius 1 is 1.28 bits per heavy atom. The van der Waals surface area contributed by atoms with Crippen LogP contribution in [0.25, 0.3) is 10.9 Å². The van der Waals surface area contributed by atoms with Crippen LogP contribution in [0.15, 0.2) is 29.3 Å². The maximum Gasteiger partial charge on any atom is 0.261 e. The molecule has 1 atom stereocenters. The fraction of sp³-hybridized carbons (Fsp3) is 0.444. The van der Waals surface area contributed by atoms with Gasteiger partial charge in [0.2, 0.25) is 11.8 Å². The van der Waals surface area contributed by atoms with E-state index in [1.165, 1.54) is 17.9 Å². The Hall–Kier alpha value is -2.70. The number of nitrogens with one attached hydrogen (secondary N) is 2. The number of hydrogen-bond acceptors (Lipinski definition) is 4. The predicted octanol–water partition coefficient (Wildman–Crippen LogP) is 0.982. The molecule has 0 aliphatic rings. The van der Waals surface area contributed by atoms with Crippen molar-refractivity contribution in [1.29, 1.82) is 0 Å². The van der Waals surface area contributed by atoms with Crippen LogP contribution in [0.1, 0.15) is 25.8 Å². The van der Waals surface area contributed by atoms with E-state index in [-0.39, 0.29) is 23.9 Å². The van der Waals surface area contributed by atoms with E-state index in [1.54, 1.807) is 12.1 Å². The van der Waals surface area contributed by atoms with Crippen LogP contribution in [0.4, 0.5) is 0 Å². The number of likely N-dealkylation sites (N-methyl/N-ethyl adjacent to an activating group) is 1. The first-order valence-corrected chi connectivity index (χ1v) is 8.29. The average Bonchev–Trinajstić information content (AvgIpc) is 2.56. The summed E-state index contributed by atoms with van der Waals surface area (Å²) in [6, 6.07) is 4.74. The summed E-state index contributed by atoms with van der Waals surface area (Å²) in [4.78, 5) is 41.0. The molecule has 2 rings (SSSR count). The van der Waals surface area contributed by atoms with Gasteiger partial charge in [-0.25, -0.2) is 4.98 Å². The molecule has 0 spiro atoms. The first-order chi connectivity index (χ1) is 11.8. The summed E-state index contributed by atoms with van der Waals surface area (Å²) in [5.74, 6) is -0.401. The molecule has 7 nitrogen and oxygen atoms in total. The maximum atomic E-state index is 12.5. The summed E-state index contributed by atoms with van der Waals surface area (Å²) in [5, 5.41) is 5.72. The molecule has 0 aliphatic heterocycles. The van der Waals surface area contributed by atoms with E-state index in [0.29, 0.717) is 17.3 Å². The Balaban J connectivity index is 2.20. The SMILES string of the molecule is CNC(=O)[C@H](CC(C)C)NC(=O)Cn1cnc2c(C)cccc2c1=O. The van der Waals surface area contributed by atoms with Crippen molar-refractivity contribution in [2.45, 2.75) is 39.8 Å². The van der Waals surface area contributed by atoms with Crippen molar-refractivity contribution in [3.63, 3.8) is 0 Å². The minimum Gasteiger partial charge on any atom is -0.357 e. The third-order valence-corrected chi connectivity index (χ3v) is 3.97. The van der Waals surface area contributed by atoms with Crippen LogP contribution in [0.5, 0.6) is 0 Å². The van der Waals surface area contributed by atoms with E-state index in [4.69, 9.17) is 0 Å². The first kappa shape index (κ1) is 18.6. The molecule has 7 heteroatoms. The molecule has 1 heterocycles. The van der Waals surface area contributed by atoms with Crippen molar-refractivity contribution in [3.8, 4) is 0 Å². The summed E-state index contributed by atoms with van der Waals surface area (Å²) in [6.45, 7) is 5.65. The molecule has 0 saturated heterocycles. The van der Waals surface area contributed by atoms with E-state index in [1.807, 2.05) is 26.8 Å². The van der Waals surface area contributed by atoms with Gasteiger partial charge in [-0.1, -0.05) is 26.0 Å². The monoisotopic (exact) mass is 344 g/mol. The largest absolute Gasteiger partial charge is 0.357 e. The molecule has 0 unspecified atom stereocenters. The summed E-state index contributed by atoms with van der Waals surface area (Å²) in [7, 11) is 1.53. The Kier molecular flexibility index (Phi) is 5.90. The van der Waals surface area contributed by atoms with Crippen LogP contribution in [0.2, 0.25) is 0 Å². The second-order valence-corrected chi connectivity index (χ2v) is 6.51. The highest BCUT2D eigenvalue weighted by atomic mass is 16.2. The van der Waals surface area contributed by atoms with Crippen molar-refractivity contribution in [1.82, 2.24) is 20.2 Å². The second kappa shape index (κ2) is 7.92. The molecule has 0 bridgehead atoms. The van der Waals surface area contributed by atoms with Gasteiger partial charge < -0.3 is 10.6 Å². The van der Waals surface area contributed by atoms with Gasteiger partial charge in [0.05, 0.1) is 17.2 Å². The molecule has 2 aromatic rings. The molecule has 0 aliphatic carbocycles. The van der Waals surface area contributed by atoms with Gasteiger partial charge in [0, 0.05) is 7.05 Å². The van der Waals surface area contributed by atoms with Gasteiger partial charge in [-0.05, 0) is 30.9 Å². The number of hydrogen-bond donors (Lipinski definition) is 2. The zero-order valence-corrected chi connectivity index (χ0v) is 15.0. The van der Waals surface area contributed by atoms with E-state index in [9.17, 15) is 14.4 Å². The molecule has 1 aromatic heterocycles. The Morgan fingerprint density at radius 2 is 2.00 bits per heavy atom. The van der Waals surface area contributed by atoms with Gasteiger partial charge in [-0.15, -0.1) is 0 Å². The second-order valence-electron chi connectivity index (χ2n) is 6.51. The molecule has 1 aromatic carbocycles. The molecule has 2 N–H and O–H groups in total. The highest BCUT2D eigenvalue weighted by Crippen LogP contribution is 2.11. The third-order valence-electron chi connectivity index (χ3n) is 3.97. The fourth-order valence-electron chi connectivity index (χ4n) is 2.72. The van der Waals surface area contributed by atoms with Crippen LogP contribution >= 0.6 is 0 Å². The number of aromatic nitrogens is 2. The van der Waals surface area contributed by atoms with E-state index in [0.717, 1.165) is 5.56 Å². The summed E-state index contributed by atoms with van der Waals surface area (Å²) < 4.78 is 1.26. The maximum absolute atomic E-state index is 12.5.